The van der Waals surface area contributed by atoms with Gasteiger partial charge in [-0.25, -0.2) is 4.79 Å². The summed E-state index contributed by atoms with van der Waals surface area (Å²) >= 11 is 0. The molecule has 1 fully saturated rings. The molecule has 0 aromatic heterocycles. The highest BCUT2D eigenvalue weighted by Crippen LogP contribution is 2.15. The molecule has 3 rings (SSSR count). The van der Waals surface area contributed by atoms with Crippen LogP contribution in [0, 0.1) is 6.92 Å². The summed E-state index contributed by atoms with van der Waals surface area (Å²) < 4.78 is 10.6. The molecule has 1 aliphatic heterocycles. The van der Waals surface area contributed by atoms with Crippen LogP contribution >= 0.6 is 0 Å². The Hall–Kier alpha value is -2.66. The van der Waals surface area contributed by atoms with Gasteiger partial charge in [-0.15, -0.1) is 0 Å². The van der Waals surface area contributed by atoms with Gasteiger partial charge in [0.2, 0.25) is 0 Å². The van der Waals surface area contributed by atoms with Crippen LogP contribution in [0.3, 0.4) is 0 Å². The zero-order valence-electron chi connectivity index (χ0n) is 13.5. The third-order valence-corrected chi connectivity index (χ3v) is 3.90. The van der Waals surface area contributed by atoms with Gasteiger partial charge in [-0.3, -0.25) is 4.79 Å². The molecule has 0 atom stereocenters. The van der Waals surface area contributed by atoms with Gasteiger partial charge < -0.3 is 14.4 Å². The Morgan fingerprint density at radius 2 is 1.50 bits per heavy atom. The standard InChI is InChI=1S/C19H19NO4/c1-14-2-8-17(9-3-14)24-19(22)16-6-4-15(5-7-16)18(21)20-10-12-23-13-11-20/h2-9H,10-13H2,1H3. The van der Waals surface area contributed by atoms with Crippen LogP contribution in [0.4, 0.5) is 0 Å². The molecule has 2 aromatic rings. The molecule has 0 aliphatic carbocycles. The first-order valence-electron chi connectivity index (χ1n) is 7.89. The van der Waals surface area contributed by atoms with Crippen LogP contribution in [0.2, 0.25) is 0 Å². The van der Waals surface area contributed by atoms with E-state index >= 15 is 0 Å². The maximum atomic E-state index is 12.4. The Morgan fingerprint density at radius 3 is 2.12 bits per heavy atom. The van der Waals surface area contributed by atoms with E-state index in [1.807, 2.05) is 19.1 Å². The number of carbonyl (C=O) groups excluding carboxylic acids is 2. The number of amides is 1. The molecule has 1 heterocycles. The van der Waals surface area contributed by atoms with Gasteiger partial charge in [-0.05, 0) is 43.3 Å². The number of rotatable bonds is 3. The molecule has 1 aliphatic rings. The fraction of sp³-hybridized carbons (Fsp3) is 0.263. The average Bonchev–Trinajstić information content (AvgIpc) is 2.64. The van der Waals surface area contributed by atoms with Gasteiger partial charge >= 0.3 is 5.97 Å². The van der Waals surface area contributed by atoms with Crippen LogP contribution in [-0.4, -0.2) is 43.1 Å². The lowest BCUT2D eigenvalue weighted by atomic mass is 10.1. The fourth-order valence-corrected chi connectivity index (χ4v) is 2.47. The lowest BCUT2D eigenvalue weighted by Gasteiger charge is -2.26. The molecule has 0 spiro atoms. The van der Waals surface area contributed by atoms with E-state index in [-0.39, 0.29) is 5.91 Å². The molecular weight excluding hydrogens is 306 g/mol. The number of esters is 1. The normalized spacial score (nSPS) is 14.3. The molecule has 1 amide bonds. The second-order valence-electron chi connectivity index (χ2n) is 5.68. The van der Waals surface area contributed by atoms with Gasteiger partial charge in [0, 0.05) is 18.7 Å². The van der Waals surface area contributed by atoms with Crippen molar-refractivity contribution in [1.29, 1.82) is 0 Å². The van der Waals surface area contributed by atoms with Gasteiger partial charge in [-0.1, -0.05) is 17.7 Å². The van der Waals surface area contributed by atoms with Crippen LogP contribution in [0.25, 0.3) is 0 Å². The third kappa shape index (κ3) is 3.81. The Kier molecular flexibility index (Phi) is 4.91. The lowest BCUT2D eigenvalue weighted by molar-refractivity contribution is 0.0303. The van der Waals surface area contributed by atoms with Gasteiger partial charge in [0.1, 0.15) is 5.75 Å². The molecule has 2 aromatic carbocycles. The van der Waals surface area contributed by atoms with Crippen LogP contribution in [-0.2, 0) is 4.74 Å². The molecule has 0 N–H and O–H groups in total. The van der Waals surface area contributed by atoms with Crippen LogP contribution in [0.1, 0.15) is 26.3 Å². The molecule has 24 heavy (non-hydrogen) atoms. The minimum absolute atomic E-state index is 0.0447. The summed E-state index contributed by atoms with van der Waals surface area (Å²) in [5, 5.41) is 0. The van der Waals surface area contributed by atoms with E-state index in [2.05, 4.69) is 0 Å². The van der Waals surface area contributed by atoms with Crippen molar-refractivity contribution in [3.05, 3.63) is 65.2 Å². The number of nitrogens with zero attached hydrogens (tertiary/aromatic N) is 1. The van der Waals surface area contributed by atoms with E-state index < -0.39 is 5.97 Å². The molecule has 5 nitrogen and oxygen atoms in total. The summed E-state index contributed by atoms with van der Waals surface area (Å²) in [5.74, 6) is 0.0139. The van der Waals surface area contributed by atoms with E-state index in [0.29, 0.717) is 43.2 Å². The van der Waals surface area contributed by atoms with Gasteiger partial charge in [0.15, 0.2) is 0 Å². The zero-order chi connectivity index (χ0) is 16.9. The third-order valence-electron chi connectivity index (χ3n) is 3.90. The van der Waals surface area contributed by atoms with Crippen molar-refractivity contribution >= 4 is 11.9 Å². The first-order valence-corrected chi connectivity index (χ1v) is 7.89. The number of benzene rings is 2. The summed E-state index contributed by atoms with van der Waals surface area (Å²) in [6.45, 7) is 4.28. The summed E-state index contributed by atoms with van der Waals surface area (Å²) in [6, 6.07) is 13.8. The molecule has 5 heteroatoms. The van der Waals surface area contributed by atoms with E-state index in [9.17, 15) is 9.59 Å². The molecule has 0 saturated carbocycles. The predicted octanol–water partition coefficient (Wildman–Crippen LogP) is 2.69. The average molecular weight is 325 g/mol. The smallest absolute Gasteiger partial charge is 0.343 e. The first-order chi connectivity index (χ1) is 11.6. The topological polar surface area (TPSA) is 55.8 Å². The Bertz CT molecular complexity index is 716. The highest BCUT2D eigenvalue weighted by Gasteiger charge is 2.19. The number of hydrogen-bond donors (Lipinski definition) is 0. The van der Waals surface area contributed by atoms with Crippen molar-refractivity contribution in [2.75, 3.05) is 26.3 Å². The van der Waals surface area contributed by atoms with Crippen molar-refractivity contribution < 1.29 is 19.1 Å². The first kappa shape index (κ1) is 16.2. The zero-order valence-corrected chi connectivity index (χ0v) is 13.5. The van der Waals surface area contributed by atoms with Gasteiger partial charge in [0.25, 0.3) is 5.91 Å². The highest BCUT2D eigenvalue weighted by molar-refractivity contribution is 5.96. The molecule has 1 saturated heterocycles. The van der Waals surface area contributed by atoms with Gasteiger partial charge in [0.05, 0.1) is 18.8 Å². The summed E-state index contributed by atoms with van der Waals surface area (Å²) in [5.41, 5.74) is 2.07. The summed E-state index contributed by atoms with van der Waals surface area (Å²) in [7, 11) is 0. The molecular formula is C19H19NO4. The second kappa shape index (κ2) is 7.27. The summed E-state index contributed by atoms with van der Waals surface area (Å²) in [4.78, 5) is 26.3. The number of morpholine rings is 1. The highest BCUT2D eigenvalue weighted by atomic mass is 16.5. The second-order valence-corrected chi connectivity index (χ2v) is 5.68. The Morgan fingerprint density at radius 1 is 0.917 bits per heavy atom. The van der Waals surface area contributed by atoms with Crippen molar-refractivity contribution in [1.82, 2.24) is 4.90 Å². The van der Waals surface area contributed by atoms with Crippen LogP contribution in [0.5, 0.6) is 5.75 Å². The number of aryl methyl sites for hydroxylation is 1. The maximum Gasteiger partial charge on any atom is 0.343 e. The largest absolute Gasteiger partial charge is 0.423 e. The Balaban J connectivity index is 1.66. The summed E-state index contributed by atoms with van der Waals surface area (Å²) in [6.07, 6.45) is 0. The molecule has 0 bridgehead atoms. The molecule has 0 unspecified atom stereocenters. The predicted molar refractivity (Wildman–Crippen MR) is 89.3 cm³/mol. The Labute approximate surface area is 140 Å². The van der Waals surface area contributed by atoms with E-state index in [0.717, 1.165) is 5.56 Å². The number of hydrogen-bond acceptors (Lipinski definition) is 4. The lowest BCUT2D eigenvalue weighted by Crippen LogP contribution is -2.40. The fourth-order valence-electron chi connectivity index (χ4n) is 2.47. The minimum atomic E-state index is -0.441. The number of carbonyl (C=O) groups is 2. The van der Waals surface area contributed by atoms with E-state index in [1.54, 1.807) is 41.3 Å². The van der Waals surface area contributed by atoms with Crippen molar-refractivity contribution in [2.24, 2.45) is 0 Å². The monoisotopic (exact) mass is 325 g/mol. The SMILES string of the molecule is Cc1ccc(OC(=O)c2ccc(C(=O)N3CCOCC3)cc2)cc1. The van der Waals surface area contributed by atoms with Crippen molar-refractivity contribution in [3.63, 3.8) is 0 Å². The molecule has 0 radical (unpaired) electrons. The van der Waals surface area contributed by atoms with Crippen LogP contribution < -0.4 is 4.74 Å². The number of ether oxygens (including phenoxy) is 2. The van der Waals surface area contributed by atoms with Gasteiger partial charge in [-0.2, -0.15) is 0 Å². The maximum absolute atomic E-state index is 12.4. The van der Waals surface area contributed by atoms with E-state index in [4.69, 9.17) is 9.47 Å². The molecule has 124 valence electrons. The van der Waals surface area contributed by atoms with E-state index in [1.165, 1.54) is 0 Å². The van der Waals surface area contributed by atoms with Crippen LogP contribution in [0.15, 0.2) is 48.5 Å². The quantitative estimate of drug-likeness (QED) is 0.643. The minimum Gasteiger partial charge on any atom is -0.423 e. The van der Waals surface area contributed by atoms with Crippen molar-refractivity contribution in [3.8, 4) is 5.75 Å². The van der Waals surface area contributed by atoms with Crippen molar-refractivity contribution in [2.45, 2.75) is 6.92 Å².